The van der Waals surface area contributed by atoms with Crippen molar-refractivity contribution in [3.63, 3.8) is 0 Å². The van der Waals surface area contributed by atoms with Gasteiger partial charge in [-0.1, -0.05) is 96.1 Å². The van der Waals surface area contributed by atoms with Crippen LogP contribution in [0.4, 0.5) is 17.1 Å². The number of nitrogens with zero attached hydrogens (tertiary/aromatic N) is 1. The summed E-state index contributed by atoms with van der Waals surface area (Å²) < 4.78 is 0. The smallest absolute Gasteiger partial charge is 0.0462 e. The van der Waals surface area contributed by atoms with E-state index in [0.717, 1.165) is 29.9 Å². The molecule has 0 aliphatic heterocycles. The third kappa shape index (κ3) is 4.73. The molecule has 5 aromatic rings. The lowest BCUT2D eigenvalue weighted by atomic mass is 9.92. The van der Waals surface area contributed by atoms with E-state index in [2.05, 4.69) is 146 Å². The lowest BCUT2D eigenvalue weighted by molar-refractivity contribution is 0.965. The van der Waals surface area contributed by atoms with Crippen molar-refractivity contribution in [2.24, 2.45) is 0 Å². The summed E-state index contributed by atoms with van der Waals surface area (Å²) in [5.74, 6) is 0. The predicted octanol–water partition coefficient (Wildman–Crippen LogP) is 9.46. The molecule has 0 bridgehead atoms. The number of aryl methyl sites for hydroxylation is 4. The van der Waals surface area contributed by atoms with Gasteiger partial charge in [0, 0.05) is 17.1 Å². The van der Waals surface area contributed by atoms with Crippen molar-refractivity contribution in [1.82, 2.24) is 0 Å². The van der Waals surface area contributed by atoms with E-state index in [0.29, 0.717) is 0 Å². The van der Waals surface area contributed by atoms with E-state index in [1.807, 2.05) is 0 Å². The number of hydrogen-bond donors (Lipinski definition) is 0. The first kappa shape index (κ1) is 23.1. The molecule has 0 aromatic heterocycles. The Hall–Kier alpha value is -4.36. The Balaban J connectivity index is 1.43. The fraction of sp³-hybridized carbons (Fsp3) is 0.111. The lowest BCUT2D eigenvalue weighted by Crippen LogP contribution is -2.09. The van der Waals surface area contributed by atoms with Crippen LogP contribution < -0.4 is 4.90 Å². The second-order valence-electron chi connectivity index (χ2n) is 9.97. The maximum atomic E-state index is 2.36. The Kier molecular flexibility index (Phi) is 6.20. The SMILES string of the molecule is Cc1ccc(N(c2ccc(C)cc2)c2ccc(C=C3c4ccccc4CCc4ccccc43)cc2)cc1. The summed E-state index contributed by atoms with van der Waals surface area (Å²) >= 11 is 0. The number of fused-ring (bicyclic) bond motifs is 2. The first-order chi connectivity index (χ1) is 18.2. The second kappa shape index (κ2) is 9.95. The van der Waals surface area contributed by atoms with E-state index in [1.54, 1.807) is 0 Å². The van der Waals surface area contributed by atoms with Gasteiger partial charge in [-0.2, -0.15) is 0 Å². The third-order valence-corrected chi connectivity index (χ3v) is 7.33. The molecule has 1 heteroatoms. The molecular weight excluding hydrogens is 446 g/mol. The topological polar surface area (TPSA) is 3.24 Å². The zero-order valence-corrected chi connectivity index (χ0v) is 21.5. The summed E-state index contributed by atoms with van der Waals surface area (Å²) in [5, 5.41) is 0. The highest BCUT2D eigenvalue weighted by molar-refractivity contribution is 5.94. The molecule has 0 fully saturated rings. The normalized spacial score (nSPS) is 12.3. The van der Waals surface area contributed by atoms with E-state index in [-0.39, 0.29) is 0 Å². The Labute approximate surface area is 220 Å². The number of benzene rings is 5. The highest BCUT2D eigenvalue weighted by atomic mass is 15.1. The average molecular weight is 478 g/mol. The number of anilines is 3. The van der Waals surface area contributed by atoms with E-state index in [1.165, 1.54) is 44.5 Å². The minimum Gasteiger partial charge on any atom is -0.311 e. The van der Waals surface area contributed by atoms with Crippen LogP contribution in [0.1, 0.15) is 38.9 Å². The van der Waals surface area contributed by atoms with Crippen LogP contribution in [-0.2, 0) is 12.8 Å². The fourth-order valence-electron chi connectivity index (χ4n) is 5.29. The predicted molar refractivity (Wildman–Crippen MR) is 158 cm³/mol. The van der Waals surface area contributed by atoms with E-state index < -0.39 is 0 Å². The molecule has 0 N–H and O–H groups in total. The standard InChI is InChI=1S/C36H31N/c1-26-11-19-31(20-12-26)37(32-21-13-27(2)14-22-32)33-23-15-28(16-24-33)25-36-34-9-5-3-7-29(34)17-18-30-8-4-6-10-35(30)36/h3-16,19-25H,17-18H2,1-2H3. The minimum absolute atomic E-state index is 1.07. The molecule has 0 saturated carbocycles. The second-order valence-corrected chi connectivity index (χ2v) is 9.97. The van der Waals surface area contributed by atoms with Crippen molar-refractivity contribution in [2.45, 2.75) is 26.7 Å². The molecule has 1 aliphatic rings. The molecule has 1 nitrogen and oxygen atoms in total. The van der Waals surface area contributed by atoms with Gasteiger partial charge < -0.3 is 4.90 Å². The van der Waals surface area contributed by atoms with Gasteiger partial charge in [0.25, 0.3) is 0 Å². The Morgan fingerprint density at radius 2 is 0.892 bits per heavy atom. The van der Waals surface area contributed by atoms with E-state index >= 15 is 0 Å². The average Bonchev–Trinajstić information content (AvgIpc) is 3.09. The van der Waals surface area contributed by atoms with Gasteiger partial charge in [-0.05, 0) is 103 Å². The quantitative estimate of drug-likeness (QED) is 0.249. The van der Waals surface area contributed by atoms with Crippen molar-refractivity contribution in [3.05, 3.63) is 160 Å². The monoisotopic (exact) mass is 477 g/mol. The molecule has 1 aliphatic carbocycles. The molecule has 6 rings (SSSR count). The van der Waals surface area contributed by atoms with Crippen molar-refractivity contribution < 1.29 is 0 Å². The first-order valence-electron chi connectivity index (χ1n) is 13.1. The van der Waals surface area contributed by atoms with Crippen molar-refractivity contribution in [2.75, 3.05) is 4.90 Å². The zero-order chi connectivity index (χ0) is 25.2. The molecule has 0 saturated heterocycles. The molecule has 0 amide bonds. The van der Waals surface area contributed by atoms with Gasteiger partial charge in [0.15, 0.2) is 0 Å². The maximum absolute atomic E-state index is 2.36. The molecule has 0 spiro atoms. The first-order valence-corrected chi connectivity index (χ1v) is 13.1. The summed E-state index contributed by atoms with van der Waals surface area (Å²) in [6.07, 6.45) is 4.51. The molecule has 180 valence electrons. The molecule has 37 heavy (non-hydrogen) atoms. The molecule has 0 unspecified atom stereocenters. The molecule has 0 heterocycles. The van der Waals surface area contributed by atoms with Gasteiger partial charge in [0.05, 0.1) is 0 Å². The fourth-order valence-corrected chi connectivity index (χ4v) is 5.29. The summed E-state index contributed by atoms with van der Waals surface area (Å²) in [6, 6.07) is 44.2. The van der Waals surface area contributed by atoms with Gasteiger partial charge in [0.2, 0.25) is 0 Å². The van der Waals surface area contributed by atoms with Crippen LogP contribution in [0.25, 0.3) is 11.6 Å². The Bertz CT molecular complexity index is 1460. The maximum Gasteiger partial charge on any atom is 0.0462 e. The highest BCUT2D eigenvalue weighted by Gasteiger charge is 2.18. The summed E-state index contributed by atoms with van der Waals surface area (Å²) in [7, 11) is 0. The van der Waals surface area contributed by atoms with Gasteiger partial charge in [0.1, 0.15) is 0 Å². The van der Waals surface area contributed by atoms with Crippen molar-refractivity contribution in [1.29, 1.82) is 0 Å². The van der Waals surface area contributed by atoms with Crippen LogP contribution >= 0.6 is 0 Å². The van der Waals surface area contributed by atoms with E-state index in [4.69, 9.17) is 0 Å². The van der Waals surface area contributed by atoms with Gasteiger partial charge in [-0.3, -0.25) is 0 Å². The third-order valence-electron chi connectivity index (χ3n) is 7.33. The summed E-state index contributed by atoms with van der Waals surface area (Å²) in [4.78, 5) is 2.33. The molecule has 0 atom stereocenters. The highest BCUT2D eigenvalue weighted by Crippen LogP contribution is 2.37. The van der Waals surface area contributed by atoms with Crippen LogP contribution in [0.2, 0.25) is 0 Å². The minimum atomic E-state index is 1.07. The van der Waals surface area contributed by atoms with Gasteiger partial charge in [-0.25, -0.2) is 0 Å². The van der Waals surface area contributed by atoms with Crippen molar-refractivity contribution in [3.8, 4) is 0 Å². The van der Waals surface area contributed by atoms with Crippen LogP contribution in [-0.4, -0.2) is 0 Å². The largest absolute Gasteiger partial charge is 0.311 e. The molecule has 5 aromatic carbocycles. The molecular formula is C36H31N. The van der Waals surface area contributed by atoms with Crippen LogP contribution in [0.5, 0.6) is 0 Å². The van der Waals surface area contributed by atoms with Crippen LogP contribution in [0, 0.1) is 13.8 Å². The van der Waals surface area contributed by atoms with Crippen LogP contribution in [0.3, 0.4) is 0 Å². The van der Waals surface area contributed by atoms with Crippen molar-refractivity contribution >= 4 is 28.7 Å². The Morgan fingerprint density at radius 1 is 0.486 bits per heavy atom. The zero-order valence-electron chi connectivity index (χ0n) is 21.5. The molecule has 0 radical (unpaired) electrons. The summed E-state index contributed by atoms with van der Waals surface area (Å²) in [6.45, 7) is 4.26. The lowest BCUT2D eigenvalue weighted by Gasteiger charge is -2.26. The summed E-state index contributed by atoms with van der Waals surface area (Å²) in [5.41, 5.74) is 14.0. The van der Waals surface area contributed by atoms with Crippen LogP contribution in [0.15, 0.2) is 121 Å². The number of rotatable bonds is 4. The van der Waals surface area contributed by atoms with Gasteiger partial charge >= 0.3 is 0 Å². The Morgan fingerprint density at radius 3 is 1.35 bits per heavy atom. The van der Waals surface area contributed by atoms with Gasteiger partial charge in [-0.15, -0.1) is 0 Å². The number of hydrogen-bond acceptors (Lipinski definition) is 1. The van der Waals surface area contributed by atoms with E-state index in [9.17, 15) is 0 Å².